The molecule has 116 valence electrons. The van der Waals surface area contributed by atoms with Crippen LogP contribution in [0.3, 0.4) is 0 Å². The summed E-state index contributed by atoms with van der Waals surface area (Å²) < 4.78 is 42.9. The minimum Gasteiger partial charge on any atom is -0.473 e. The second kappa shape index (κ2) is 6.84. The van der Waals surface area contributed by atoms with Crippen LogP contribution in [0.4, 0.5) is 23.7 Å². The molecule has 0 aliphatic carbocycles. The van der Waals surface area contributed by atoms with Crippen molar-refractivity contribution in [3.8, 4) is 5.75 Å². The molecular formula is C15H13F3N2O2. The molecule has 0 bridgehead atoms. The van der Waals surface area contributed by atoms with E-state index in [1.807, 2.05) is 6.07 Å². The van der Waals surface area contributed by atoms with Crippen molar-refractivity contribution >= 4 is 11.7 Å². The molecule has 0 saturated heterocycles. The van der Waals surface area contributed by atoms with E-state index >= 15 is 0 Å². The van der Waals surface area contributed by atoms with Crippen LogP contribution in [0.2, 0.25) is 0 Å². The number of para-hydroxylation sites is 1. The van der Waals surface area contributed by atoms with Gasteiger partial charge in [0.15, 0.2) is 6.73 Å². The fourth-order valence-corrected chi connectivity index (χ4v) is 1.65. The third-order valence-electron chi connectivity index (χ3n) is 2.66. The monoisotopic (exact) mass is 310 g/mol. The van der Waals surface area contributed by atoms with Gasteiger partial charge in [0.2, 0.25) is 0 Å². The van der Waals surface area contributed by atoms with E-state index in [1.54, 1.807) is 24.3 Å². The zero-order valence-corrected chi connectivity index (χ0v) is 11.4. The Morgan fingerprint density at radius 3 is 2.45 bits per heavy atom. The molecule has 7 heteroatoms. The van der Waals surface area contributed by atoms with Crippen LogP contribution in [-0.4, -0.2) is 12.8 Å². The van der Waals surface area contributed by atoms with Gasteiger partial charge in [-0.15, -0.1) is 0 Å². The predicted molar refractivity (Wildman–Crippen MR) is 75.5 cm³/mol. The van der Waals surface area contributed by atoms with Crippen LogP contribution in [0, 0.1) is 0 Å². The van der Waals surface area contributed by atoms with Gasteiger partial charge in [-0.25, -0.2) is 4.79 Å². The summed E-state index contributed by atoms with van der Waals surface area (Å²) in [5.41, 5.74) is -0.780. The van der Waals surface area contributed by atoms with Crippen LogP contribution in [-0.2, 0) is 6.18 Å². The SMILES string of the molecule is O=C(NCOc1ccccc1)Nc1cccc(C(F)(F)F)c1. The number of urea groups is 1. The number of hydrogen-bond acceptors (Lipinski definition) is 2. The summed E-state index contributed by atoms with van der Waals surface area (Å²) in [5.74, 6) is 0.571. The molecule has 4 nitrogen and oxygen atoms in total. The van der Waals surface area contributed by atoms with Gasteiger partial charge >= 0.3 is 12.2 Å². The molecule has 0 unspecified atom stereocenters. The van der Waals surface area contributed by atoms with Gasteiger partial charge in [-0.1, -0.05) is 24.3 Å². The second-order valence-corrected chi connectivity index (χ2v) is 4.31. The Labute approximate surface area is 124 Å². The molecule has 2 amide bonds. The number of halogens is 3. The Balaban J connectivity index is 1.84. The van der Waals surface area contributed by atoms with Crippen molar-refractivity contribution in [1.29, 1.82) is 0 Å². The van der Waals surface area contributed by atoms with Crippen molar-refractivity contribution in [1.82, 2.24) is 5.32 Å². The summed E-state index contributed by atoms with van der Waals surface area (Å²) in [6.07, 6.45) is -4.45. The van der Waals surface area contributed by atoms with E-state index in [0.29, 0.717) is 5.75 Å². The first-order valence-electron chi connectivity index (χ1n) is 6.35. The van der Waals surface area contributed by atoms with Crippen LogP contribution < -0.4 is 15.4 Å². The highest BCUT2D eigenvalue weighted by Crippen LogP contribution is 2.30. The predicted octanol–water partition coefficient (Wildman–Crippen LogP) is 3.86. The zero-order valence-electron chi connectivity index (χ0n) is 11.4. The standard InChI is InChI=1S/C15H13F3N2O2/c16-15(17,18)11-5-4-6-12(9-11)20-14(21)19-10-22-13-7-2-1-3-8-13/h1-9H,10H2,(H2,19,20,21). The van der Waals surface area contributed by atoms with Crippen molar-refractivity contribution in [3.05, 3.63) is 60.2 Å². The molecule has 0 saturated carbocycles. The summed E-state index contributed by atoms with van der Waals surface area (Å²) in [5, 5.41) is 4.69. The number of benzene rings is 2. The maximum Gasteiger partial charge on any atom is 0.416 e. The summed E-state index contributed by atoms with van der Waals surface area (Å²) in [7, 11) is 0. The Morgan fingerprint density at radius 1 is 1.05 bits per heavy atom. The molecule has 0 aromatic heterocycles. The molecule has 0 heterocycles. The molecule has 0 aliphatic heterocycles. The molecule has 0 spiro atoms. The summed E-state index contributed by atoms with van der Waals surface area (Å²) >= 11 is 0. The van der Waals surface area contributed by atoms with Crippen molar-refractivity contribution in [3.63, 3.8) is 0 Å². The highest BCUT2D eigenvalue weighted by molar-refractivity contribution is 5.89. The van der Waals surface area contributed by atoms with Gasteiger partial charge in [-0.05, 0) is 30.3 Å². The van der Waals surface area contributed by atoms with Crippen molar-refractivity contribution < 1.29 is 22.7 Å². The topological polar surface area (TPSA) is 50.4 Å². The first-order valence-corrected chi connectivity index (χ1v) is 6.35. The minimum atomic E-state index is -4.45. The molecule has 0 radical (unpaired) electrons. The number of rotatable bonds is 4. The lowest BCUT2D eigenvalue weighted by Crippen LogP contribution is -2.32. The maximum atomic E-state index is 12.5. The van der Waals surface area contributed by atoms with E-state index in [2.05, 4.69) is 10.6 Å². The van der Waals surface area contributed by atoms with Gasteiger partial charge in [0, 0.05) is 5.69 Å². The van der Waals surface area contributed by atoms with Crippen LogP contribution in [0.25, 0.3) is 0 Å². The van der Waals surface area contributed by atoms with Gasteiger partial charge in [-0.2, -0.15) is 13.2 Å². The summed E-state index contributed by atoms with van der Waals surface area (Å²) in [6.45, 7) is -0.102. The largest absolute Gasteiger partial charge is 0.473 e. The van der Waals surface area contributed by atoms with Crippen LogP contribution >= 0.6 is 0 Å². The van der Waals surface area contributed by atoms with Crippen molar-refractivity contribution in [2.45, 2.75) is 6.18 Å². The van der Waals surface area contributed by atoms with E-state index in [4.69, 9.17) is 4.74 Å². The number of nitrogens with one attached hydrogen (secondary N) is 2. The van der Waals surface area contributed by atoms with Crippen molar-refractivity contribution in [2.24, 2.45) is 0 Å². The molecule has 0 aliphatic rings. The Morgan fingerprint density at radius 2 is 1.77 bits per heavy atom. The maximum absolute atomic E-state index is 12.5. The molecule has 2 aromatic carbocycles. The average Bonchev–Trinajstić information content (AvgIpc) is 2.48. The lowest BCUT2D eigenvalue weighted by molar-refractivity contribution is -0.137. The number of carbonyl (C=O) groups excluding carboxylic acids is 1. The zero-order chi connectivity index (χ0) is 16.0. The highest BCUT2D eigenvalue weighted by atomic mass is 19.4. The van der Waals surface area contributed by atoms with E-state index in [1.165, 1.54) is 12.1 Å². The molecule has 2 N–H and O–H groups in total. The molecular weight excluding hydrogens is 297 g/mol. The summed E-state index contributed by atoms with van der Waals surface area (Å²) in [6, 6.07) is 12.5. The molecule has 0 atom stereocenters. The van der Waals surface area contributed by atoms with E-state index < -0.39 is 17.8 Å². The minimum absolute atomic E-state index is 0.0482. The van der Waals surface area contributed by atoms with Crippen LogP contribution in [0.5, 0.6) is 5.75 Å². The van der Waals surface area contributed by atoms with E-state index in [-0.39, 0.29) is 12.4 Å². The van der Waals surface area contributed by atoms with Crippen LogP contribution in [0.1, 0.15) is 5.56 Å². The Bertz CT molecular complexity index is 630. The molecule has 0 fully saturated rings. The van der Waals surface area contributed by atoms with Crippen LogP contribution in [0.15, 0.2) is 54.6 Å². The van der Waals surface area contributed by atoms with E-state index in [0.717, 1.165) is 12.1 Å². The molecule has 2 aromatic rings. The van der Waals surface area contributed by atoms with Gasteiger partial charge in [0.1, 0.15) is 5.75 Å². The fourth-order valence-electron chi connectivity index (χ4n) is 1.65. The number of amides is 2. The smallest absolute Gasteiger partial charge is 0.416 e. The van der Waals surface area contributed by atoms with Gasteiger partial charge in [-0.3, -0.25) is 0 Å². The number of ether oxygens (including phenoxy) is 1. The van der Waals surface area contributed by atoms with Gasteiger partial charge in [0.25, 0.3) is 0 Å². The number of carbonyl (C=O) groups is 1. The van der Waals surface area contributed by atoms with Gasteiger partial charge < -0.3 is 15.4 Å². The fraction of sp³-hybridized carbons (Fsp3) is 0.133. The average molecular weight is 310 g/mol. The number of alkyl halides is 3. The third kappa shape index (κ3) is 4.69. The third-order valence-corrected chi connectivity index (χ3v) is 2.66. The lowest BCUT2D eigenvalue weighted by atomic mass is 10.2. The Hall–Kier alpha value is -2.70. The molecule has 2 rings (SSSR count). The van der Waals surface area contributed by atoms with Crippen molar-refractivity contribution in [2.75, 3.05) is 12.0 Å². The normalized spacial score (nSPS) is 10.9. The second-order valence-electron chi connectivity index (χ2n) is 4.31. The summed E-state index contributed by atoms with van der Waals surface area (Å²) in [4.78, 5) is 11.6. The first-order chi connectivity index (χ1) is 10.4. The highest BCUT2D eigenvalue weighted by Gasteiger charge is 2.30. The van der Waals surface area contributed by atoms with E-state index in [9.17, 15) is 18.0 Å². The first kappa shape index (κ1) is 15.7. The number of hydrogen-bond donors (Lipinski definition) is 2. The molecule has 22 heavy (non-hydrogen) atoms. The number of anilines is 1. The Kier molecular flexibility index (Phi) is 4.88. The van der Waals surface area contributed by atoms with Gasteiger partial charge in [0.05, 0.1) is 5.56 Å². The quantitative estimate of drug-likeness (QED) is 0.842. The lowest BCUT2D eigenvalue weighted by Gasteiger charge is -2.11.